The number of nitrogens with two attached hydrogens (primary N) is 2. The van der Waals surface area contributed by atoms with Gasteiger partial charge in [-0.05, 0) is 70.5 Å². The van der Waals surface area contributed by atoms with Crippen LogP contribution in [-0.4, -0.2) is 145 Å². The Morgan fingerprint density at radius 3 is 1.66 bits per heavy atom. The van der Waals surface area contributed by atoms with Gasteiger partial charge in [0, 0.05) is 23.5 Å². The summed E-state index contributed by atoms with van der Waals surface area (Å²) in [6, 6.07) is -4.15. The van der Waals surface area contributed by atoms with Gasteiger partial charge in [0.05, 0.1) is 24.7 Å². The van der Waals surface area contributed by atoms with Crippen LogP contribution in [0.2, 0.25) is 0 Å². The van der Waals surface area contributed by atoms with Gasteiger partial charge >= 0.3 is 11.9 Å². The van der Waals surface area contributed by atoms with E-state index in [-0.39, 0.29) is 31.7 Å². The molecule has 0 fully saturated rings. The van der Waals surface area contributed by atoms with E-state index in [0.717, 1.165) is 13.8 Å². The Morgan fingerprint density at radius 1 is 0.639 bits per heavy atom. The fraction of sp³-hybridized carbons (Fsp3) is 0.590. The Kier molecular flexibility index (Phi) is 20.7. The zero-order valence-electron chi connectivity index (χ0n) is 34.8. The van der Waals surface area contributed by atoms with Crippen molar-refractivity contribution < 1.29 is 63.9 Å². The molecular weight excluding hydrogens is 802 g/mol. The maximum absolute atomic E-state index is 13.8. The molecule has 1 aromatic heterocycles. The molecule has 0 radical (unpaired) electrons. The van der Waals surface area contributed by atoms with Crippen LogP contribution < -0.4 is 43.4 Å². The number of hydrogen-bond acceptors (Lipinski definition) is 13. The van der Waals surface area contributed by atoms with E-state index >= 15 is 0 Å². The molecule has 61 heavy (non-hydrogen) atoms. The third-order valence-electron chi connectivity index (χ3n) is 9.59. The third kappa shape index (κ3) is 16.4. The lowest BCUT2D eigenvalue weighted by Gasteiger charge is -2.29. The lowest BCUT2D eigenvalue weighted by molar-refractivity contribution is -0.143. The van der Waals surface area contributed by atoms with E-state index in [1.807, 2.05) is 0 Å². The summed E-state index contributed by atoms with van der Waals surface area (Å²) < 4.78 is 0. The average Bonchev–Trinajstić information content (AvgIpc) is 3.58. The van der Waals surface area contributed by atoms with Crippen molar-refractivity contribution in [2.75, 3.05) is 6.54 Å². The number of H-pyrrole nitrogens is 1. The quantitative estimate of drug-likeness (QED) is 0.0415. The number of aliphatic hydroxyl groups excluding tert-OH is 3. The predicted molar refractivity (Wildman–Crippen MR) is 219 cm³/mol. The molecule has 16 N–H and O–H groups in total. The van der Waals surface area contributed by atoms with Crippen molar-refractivity contribution in [1.29, 1.82) is 0 Å². The highest BCUT2D eigenvalue weighted by atomic mass is 16.4. The predicted octanol–water partition coefficient (Wildman–Crippen LogP) is -3.18. The fourth-order valence-corrected chi connectivity index (χ4v) is 6.17. The number of para-hydroxylation sites is 1. The van der Waals surface area contributed by atoms with Gasteiger partial charge in [-0.3, -0.25) is 33.6 Å². The molecule has 22 heteroatoms. The summed E-state index contributed by atoms with van der Waals surface area (Å²) in [7, 11) is 0. The van der Waals surface area contributed by atoms with E-state index in [9.17, 15) is 63.9 Å². The van der Waals surface area contributed by atoms with Crippen molar-refractivity contribution in [3.05, 3.63) is 36.0 Å². The van der Waals surface area contributed by atoms with Crippen LogP contribution >= 0.6 is 0 Å². The molecule has 1 aromatic carbocycles. The number of aromatic nitrogens is 1. The van der Waals surface area contributed by atoms with Gasteiger partial charge in [-0.15, -0.1) is 0 Å². The van der Waals surface area contributed by atoms with Gasteiger partial charge < -0.3 is 73.9 Å². The number of amides is 6. The van der Waals surface area contributed by atoms with Crippen LogP contribution in [0.5, 0.6) is 0 Å². The molecule has 0 unspecified atom stereocenters. The van der Waals surface area contributed by atoms with Crippen LogP contribution in [0.4, 0.5) is 0 Å². The number of carboxylic acids is 2. The number of hydrogen-bond donors (Lipinski definition) is 14. The van der Waals surface area contributed by atoms with Crippen molar-refractivity contribution in [1.82, 2.24) is 36.9 Å². The maximum Gasteiger partial charge on any atom is 0.326 e. The summed E-state index contributed by atoms with van der Waals surface area (Å²) in [4.78, 5) is 107. The van der Waals surface area contributed by atoms with E-state index in [1.165, 1.54) is 6.92 Å². The average molecular weight is 864 g/mol. The zero-order valence-corrected chi connectivity index (χ0v) is 34.8. The first-order valence-electron chi connectivity index (χ1n) is 19.9. The number of unbranched alkanes of at least 4 members (excludes halogenated alkanes) is 1. The minimum absolute atomic E-state index is 0.00464. The lowest BCUT2D eigenvalue weighted by Crippen LogP contribution is -2.63. The maximum atomic E-state index is 13.8. The van der Waals surface area contributed by atoms with Gasteiger partial charge in [0.1, 0.15) is 42.3 Å². The molecule has 0 aliphatic heterocycles. The molecular formula is C39H61N9O13. The molecule has 0 bridgehead atoms. The summed E-state index contributed by atoms with van der Waals surface area (Å²) >= 11 is 0. The van der Waals surface area contributed by atoms with Crippen molar-refractivity contribution >= 4 is 58.3 Å². The van der Waals surface area contributed by atoms with E-state index in [0.29, 0.717) is 29.3 Å². The van der Waals surface area contributed by atoms with E-state index in [4.69, 9.17) is 11.5 Å². The molecule has 10 atom stereocenters. The first kappa shape index (κ1) is 51.5. The van der Waals surface area contributed by atoms with Crippen molar-refractivity contribution in [2.45, 2.75) is 134 Å². The number of nitrogens with one attached hydrogen (secondary N) is 7. The Morgan fingerprint density at radius 2 is 1.15 bits per heavy atom. The van der Waals surface area contributed by atoms with Crippen molar-refractivity contribution in [3.8, 4) is 0 Å². The number of rotatable bonds is 26. The number of aliphatic carboxylic acids is 2. The molecule has 0 saturated heterocycles. The first-order chi connectivity index (χ1) is 28.6. The van der Waals surface area contributed by atoms with Gasteiger partial charge in [0.15, 0.2) is 0 Å². The minimum Gasteiger partial charge on any atom is -0.481 e. The normalized spacial score (nSPS) is 16.3. The van der Waals surface area contributed by atoms with E-state index in [2.05, 4.69) is 36.9 Å². The highest BCUT2D eigenvalue weighted by molar-refractivity contribution is 5.98. The number of carbonyl (C=O) groups is 8. The van der Waals surface area contributed by atoms with Crippen molar-refractivity contribution in [3.63, 3.8) is 0 Å². The third-order valence-corrected chi connectivity index (χ3v) is 9.59. The smallest absolute Gasteiger partial charge is 0.326 e. The number of carboxylic acid groups (broad SMARTS) is 2. The number of aliphatic hydroxyl groups is 3. The summed E-state index contributed by atoms with van der Waals surface area (Å²) in [5.74, 6) is -9.49. The van der Waals surface area contributed by atoms with Gasteiger partial charge in [0.2, 0.25) is 35.4 Å². The van der Waals surface area contributed by atoms with Crippen LogP contribution in [0.15, 0.2) is 30.5 Å². The molecule has 1 heterocycles. The Bertz CT molecular complexity index is 1830. The molecule has 6 amide bonds. The SMILES string of the molecule is CC(C)C[C@H](NC(=O)[C@H](Cc1c[nH]c2ccccc12)NC(=O)[C@@H](NC(=O)[C@H](CC(=O)O)NC(=O)[C@@H](NC(=O)[C@H](CCCCN)NC(=O)[C@@H](N)[C@@H](C)O)[C@@H](C)O)[C@@H](C)O)C(=O)O. The monoisotopic (exact) mass is 863 g/mol. The van der Waals surface area contributed by atoms with Crippen LogP contribution in [0.25, 0.3) is 10.9 Å². The van der Waals surface area contributed by atoms with Crippen molar-refractivity contribution in [2.24, 2.45) is 17.4 Å². The molecule has 22 nitrogen and oxygen atoms in total. The molecule has 2 rings (SSSR count). The summed E-state index contributed by atoms with van der Waals surface area (Å²) in [6.45, 7) is 7.25. The fourth-order valence-electron chi connectivity index (χ4n) is 6.17. The summed E-state index contributed by atoms with van der Waals surface area (Å²) in [5.41, 5.74) is 12.5. The number of carbonyl (C=O) groups excluding carboxylic acids is 6. The van der Waals surface area contributed by atoms with Gasteiger partial charge in [-0.2, -0.15) is 0 Å². The van der Waals surface area contributed by atoms with Crippen LogP contribution in [0.3, 0.4) is 0 Å². The second-order valence-electron chi connectivity index (χ2n) is 15.4. The molecule has 0 saturated carbocycles. The Labute approximate surface area is 352 Å². The highest BCUT2D eigenvalue weighted by Crippen LogP contribution is 2.20. The summed E-state index contributed by atoms with van der Waals surface area (Å²) in [5, 5.41) is 64.9. The molecule has 0 spiro atoms. The molecule has 340 valence electrons. The van der Waals surface area contributed by atoms with Gasteiger partial charge in [0.25, 0.3) is 0 Å². The van der Waals surface area contributed by atoms with Crippen LogP contribution in [0, 0.1) is 5.92 Å². The number of aromatic amines is 1. The lowest BCUT2D eigenvalue weighted by atomic mass is 10.0. The summed E-state index contributed by atoms with van der Waals surface area (Å²) in [6.07, 6.45) is -3.45. The van der Waals surface area contributed by atoms with Crippen LogP contribution in [0.1, 0.15) is 72.3 Å². The largest absolute Gasteiger partial charge is 0.481 e. The van der Waals surface area contributed by atoms with E-state index < -0.39 is 114 Å². The van der Waals surface area contributed by atoms with Crippen LogP contribution in [-0.2, 0) is 44.8 Å². The Hall–Kier alpha value is -5.68. The minimum atomic E-state index is -1.97. The molecule has 0 aliphatic rings. The number of fused-ring (bicyclic) bond motifs is 1. The van der Waals surface area contributed by atoms with Gasteiger partial charge in [-0.1, -0.05) is 32.0 Å². The zero-order chi connectivity index (χ0) is 46.1. The molecule has 0 aliphatic carbocycles. The second-order valence-corrected chi connectivity index (χ2v) is 15.4. The topological polar surface area (TPSA) is 378 Å². The first-order valence-corrected chi connectivity index (χ1v) is 19.9. The standard InChI is InChI=1S/C39H61N9O13/c1-18(2)14-28(39(60)61)46-34(55)26(15-22-17-42-24-11-7-6-10-23(22)24)44-37(58)32(21(5)51)48-35(56)27(16-29(52)53)45-38(59)31(20(4)50)47-33(54)25(12-8-9-13-40)43-36(57)30(41)19(3)49/h6-7,10-11,17-21,25-28,30-32,42,49-51H,8-9,12-16,40-41H2,1-5H3,(H,43,57)(H,44,58)(H,45,59)(H,46,55)(H,47,54)(H,48,56)(H,52,53)(H,60,61)/t19-,20-,21-,25+,26+,27+,28+,30+,31+,32+/m1/s1. The Balaban J connectivity index is 2.36. The molecule has 2 aromatic rings. The van der Waals surface area contributed by atoms with E-state index in [1.54, 1.807) is 44.3 Å². The van der Waals surface area contributed by atoms with Gasteiger partial charge in [-0.25, -0.2) is 4.79 Å². The second kappa shape index (κ2) is 24.5. The number of benzene rings is 1. The highest BCUT2D eigenvalue weighted by Gasteiger charge is 2.37.